The molecule has 1 unspecified atom stereocenters. The third kappa shape index (κ3) is 2.33. The molecule has 0 aliphatic carbocycles. The van der Waals surface area contributed by atoms with Crippen LogP contribution in [-0.2, 0) is 16.1 Å². The molecule has 1 atom stereocenters. The van der Waals surface area contributed by atoms with Crippen molar-refractivity contribution in [1.29, 1.82) is 0 Å². The number of rotatable bonds is 3. The average Bonchev–Trinajstić information content (AvgIpc) is 2.27. The van der Waals surface area contributed by atoms with Gasteiger partial charge >= 0.3 is 5.97 Å². The van der Waals surface area contributed by atoms with E-state index in [2.05, 4.69) is 4.74 Å². The van der Waals surface area contributed by atoms with Crippen LogP contribution in [-0.4, -0.2) is 13.1 Å². The maximum atomic E-state index is 11.2. The first-order valence-electron chi connectivity index (χ1n) is 4.55. The summed E-state index contributed by atoms with van der Waals surface area (Å²) in [6.07, 6.45) is 0. The Morgan fingerprint density at radius 1 is 1.43 bits per heavy atom. The van der Waals surface area contributed by atoms with E-state index in [0.717, 1.165) is 11.1 Å². The zero-order chi connectivity index (χ0) is 10.6. The van der Waals surface area contributed by atoms with Gasteiger partial charge in [0, 0.05) is 6.54 Å². The molecular weight excluding hydrogens is 178 g/mol. The minimum absolute atomic E-state index is 0.216. The Kier molecular flexibility index (Phi) is 3.65. The second kappa shape index (κ2) is 4.77. The Balaban J connectivity index is 2.81. The van der Waals surface area contributed by atoms with Crippen molar-refractivity contribution >= 4 is 5.97 Å². The van der Waals surface area contributed by atoms with Crippen LogP contribution < -0.4 is 5.73 Å². The molecule has 76 valence electrons. The van der Waals surface area contributed by atoms with Crippen LogP contribution in [0.4, 0.5) is 0 Å². The van der Waals surface area contributed by atoms with Crippen molar-refractivity contribution in [3.8, 4) is 0 Å². The van der Waals surface area contributed by atoms with Gasteiger partial charge in [-0.15, -0.1) is 0 Å². The number of hydrogen-bond acceptors (Lipinski definition) is 3. The molecule has 0 amide bonds. The third-order valence-corrected chi connectivity index (χ3v) is 2.27. The Morgan fingerprint density at radius 3 is 2.43 bits per heavy atom. The van der Waals surface area contributed by atoms with E-state index in [1.165, 1.54) is 7.11 Å². The molecule has 0 heterocycles. The summed E-state index contributed by atoms with van der Waals surface area (Å²) in [4.78, 5) is 11.2. The van der Waals surface area contributed by atoms with E-state index in [-0.39, 0.29) is 11.9 Å². The lowest BCUT2D eigenvalue weighted by atomic mass is 10.00. The molecule has 14 heavy (non-hydrogen) atoms. The average molecular weight is 193 g/mol. The van der Waals surface area contributed by atoms with Gasteiger partial charge in [-0.25, -0.2) is 0 Å². The number of carbonyl (C=O) groups excluding carboxylic acids is 1. The van der Waals surface area contributed by atoms with Gasteiger partial charge in [-0.3, -0.25) is 4.79 Å². The summed E-state index contributed by atoms with van der Waals surface area (Å²) in [5.74, 6) is -0.433. The molecule has 0 bridgehead atoms. The lowest BCUT2D eigenvalue weighted by Crippen LogP contribution is -2.10. The number of benzene rings is 1. The lowest BCUT2D eigenvalue weighted by molar-refractivity contribution is -0.141. The number of nitrogens with two attached hydrogens (primary N) is 1. The largest absolute Gasteiger partial charge is 0.469 e. The fourth-order valence-electron chi connectivity index (χ4n) is 1.26. The molecule has 3 heteroatoms. The van der Waals surface area contributed by atoms with E-state index in [1.54, 1.807) is 0 Å². The molecule has 2 N–H and O–H groups in total. The van der Waals surface area contributed by atoms with Crippen molar-refractivity contribution in [2.75, 3.05) is 7.11 Å². The second-order valence-electron chi connectivity index (χ2n) is 3.19. The highest BCUT2D eigenvalue weighted by Gasteiger charge is 2.14. The van der Waals surface area contributed by atoms with Crippen molar-refractivity contribution in [1.82, 2.24) is 0 Å². The molecule has 0 saturated carbocycles. The lowest BCUT2D eigenvalue weighted by Gasteiger charge is -2.09. The Bertz CT molecular complexity index is 306. The van der Waals surface area contributed by atoms with Gasteiger partial charge in [-0.2, -0.15) is 0 Å². The first-order valence-corrected chi connectivity index (χ1v) is 4.55. The fourth-order valence-corrected chi connectivity index (χ4v) is 1.26. The van der Waals surface area contributed by atoms with Crippen molar-refractivity contribution in [3.63, 3.8) is 0 Å². The summed E-state index contributed by atoms with van der Waals surface area (Å²) >= 11 is 0. The number of methoxy groups -OCH3 is 1. The first-order chi connectivity index (χ1) is 6.69. The second-order valence-corrected chi connectivity index (χ2v) is 3.19. The molecule has 1 aromatic carbocycles. The highest BCUT2D eigenvalue weighted by molar-refractivity contribution is 5.77. The van der Waals surface area contributed by atoms with E-state index in [4.69, 9.17) is 5.73 Å². The standard InChI is InChI=1S/C11H15NO2/c1-8(11(13)14-2)10-5-3-9(7-12)4-6-10/h3-6,8H,7,12H2,1-2H3. The minimum Gasteiger partial charge on any atom is -0.469 e. The first kappa shape index (κ1) is 10.7. The van der Waals surface area contributed by atoms with Crippen molar-refractivity contribution < 1.29 is 9.53 Å². The normalized spacial score (nSPS) is 12.2. The van der Waals surface area contributed by atoms with Crippen molar-refractivity contribution in [3.05, 3.63) is 35.4 Å². The molecule has 0 radical (unpaired) electrons. The predicted molar refractivity (Wildman–Crippen MR) is 54.8 cm³/mol. The summed E-state index contributed by atoms with van der Waals surface area (Å²) in [5, 5.41) is 0. The fraction of sp³-hybridized carbons (Fsp3) is 0.364. The van der Waals surface area contributed by atoms with Crippen LogP contribution in [0, 0.1) is 0 Å². The van der Waals surface area contributed by atoms with Crippen LogP contribution in [0.15, 0.2) is 24.3 Å². The molecule has 1 rings (SSSR count). The molecule has 0 aromatic heterocycles. The zero-order valence-corrected chi connectivity index (χ0v) is 8.49. The number of hydrogen-bond donors (Lipinski definition) is 1. The molecule has 3 nitrogen and oxygen atoms in total. The number of ether oxygens (including phenoxy) is 1. The zero-order valence-electron chi connectivity index (χ0n) is 8.49. The van der Waals surface area contributed by atoms with Gasteiger partial charge in [-0.05, 0) is 18.1 Å². The summed E-state index contributed by atoms with van der Waals surface area (Å²) in [6, 6.07) is 7.66. The molecule has 0 aliphatic heterocycles. The Morgan fingerprint density at radius 2 is 2.00 bits per heavy atom. The van der Waals surface area contributed by atoms with E-state index in [9.17, 15) is 4.79 Å². The SMILES string of the molecule is COC(=O)C(C)c1ccc(CN)cc1. The van der Waals surface area contributed by atoms with Crippen molar-refractivity contribution in [2.24, 2.45) is 5.73 Å². The Labute approximate surface area is 83.9 Å². The monoisotopic (exact) mass is 193 g/mol. The smallest absolute Gasteiger partial charge is 0.312 e. The van der Waals surface area contributed by atoms with Crippen molar-refractivity contribution in [2.45, 2.75) is 19.4 Å². The van der Waals surface area contributed by atoms with Crippen LogP contribution in [0.1, 0.15) is 24.0 Å². The summed E-state index contributed by atoms with van der Waals surface area (Å²) in [6.45, 7) is 2.34. The molecule has 0 saturated heterocycles. The van der Waals surface area contributed by atoms with E-state index in [0.29, 0.717) is 6.54 Å². The number of carbonyl (C=O) groups is 1. The van der Waals surface area contributed by atoms with Crippen LogP contribution in [0.25, 0.3) is 0 Å². The highest BCUT2D eigenvalue weighted by atomic mass is 16.5. The summed E-state index contributed by atoms with van der Waals surface area (Å²) in [7, 11) is 1.40. The molecular formula is C11H15NO2. The van der Waals surface area contributed by atoms with Gasteiger partial charge in [0.05, 0.1) is 13.0 Å². The topological polar surface area (TPSA) is 52.3 Å². The minimum atomic E-state index is -0.217. The number of esters is 1. The van der Waals surface area contributed by atoms with Gasteiger partial charge in [-0.1, -0.05) is 24.3 Å². The maximum absolute atomic E-state index is 11.2. The van der Waals surface area contributed by atoms with Gasteiger partial charge in [0.15, 0.2) is 0 Å². The summed E-state index contributed by atoms with van der Waals surface area (Å²) < 4.78 is 4.66. The quantitative estimate of drug-likeness (QED) is 0.739. The van der Waals surface area contributed by atoms with Crippen LogP contribution in [0.2, 0.25) is 0 Å². The maximum Gasteiger partial charge on any atom is 0.312 e. The van der Waals surface area contributed by atoms with Gasteiger partial charge in [0.1, 0.15) is 0 Å². The predicted octanol–water partition coefficient (Wildman–Crippen LogP) is 1.42. The van der Waals surface area contributed by atoms with Gasteiger partial charge < -0.3 is 10.5 Å². The molecule has 0 fully saturated rings. The van der Waals surface area contributed by atoms with Crippen LogP contribution in [0.3, 0.4) is 0 Å². The Hall–Kier alpha value is -1.35. The molecule has 1 aromatic rings. The van der Waals surface area contributed by atoms with Crippen LogP contribution in [0.5, 0.6) is 0 Å². The van der Waals surface area contributed by atoms with Gasteiger partial charge in [0.2, 0.25) is 0 Å². The van der Waals surface area contributed by atoms with E-state index < -0.39 is 0 Å². The molecule has 0 spiro atoms. The van der Waals surface area contributed by atoms with E-state index >= 15 is 0 Å². The summed E-state index contributed by atoms with van der Waals surface area (Å²) in [5.41, 5.74) is 7.48. The van der Waals surface area contributed by atoms with Crippen LogP contribution >= 0.6 is 0 Å². The van der Waals surface area contributed by atoms with Gasteiger partial charge in [0.25, 0.3) is 0 Å². The molecule has 0 aliphatic rings. The van der Waals surface area contributed by atoms with E-state index in [1.807, 2.05) is 31.2 Å². The highest BCUT2D eigenvalue weighted by Crippen LogP contribution is 2.16. The third-order valence-electron chi connectivity index (χ3n) is 2.27.